The molecule has 1 rings (SSSR count). The van der Waals surface area contributed by atoms with Crippen molar-refractivity contribution in [3.8, 4) is 0 Å². The van der Waals surface area contributed by atoms with Crippen molar-refractivity contribution < 1.29 is 17.9 Å². The summed E-state index contributed by atoms with van der Waals surface area (Å²) >= 11 is 0. The molecule has 0 amide bonds. The number of benzene rings is 1. The first-order chi connectivity index (χ1) is 8.95. The van der Waals surface area contributed by atoms with Gasteiger partial charge in [-0.3, -0.25) is 0 Å². The molecule has 19 heavy (non-hydrogen) atoms. The summed E-state index contributed by atoms with van der Waals surface area (Å²) in [5.41, 5.74) is 5.32. The van der Waals surface area contributed by atoms with Crippen LogP contribution in [0.4, 0.5) is 0 Å². The van der Waals surface area contributed by atoms with Gasteiger partial charge in [0.25, 0.3) is 0 Å². The van der Waals surface area contributed by atoms with E-state index in [0.717, 1.165) is 6.08 Å². The maximum absolute atomic E-state index is 12.4. The number of nitrogens with two attached hydrogens (primary N) is 1. The van der Waals surface area contributed by atoms with Crippen molar-refractivity contribution >= 4 is 15.8 Å². The summed E-state index contributed by atoms with van der Waals surface area (Å²) in [6, 6.07) is 7.54. The van der Waals surface area contributed by atoms with Gasteiger partial charge in [-0.15, -0.1) is 0 Å². The van der Waals surface area contributed by atoms with Crippen molar-refractivity contribution in [2.75, 3.05) is 6.61 Å². The Morgan fingerprint density at radius 1 is 1.37 bits per heavy atom. The number of carbonyl (C=O) groups is 1. The molecule has 0 heterocycles. The second kappa shape index (κ2) is 6.19. The van der Waals surface area contributed by atoms with Gasteiger partial charge < -0.3 is 10.5 Å². The van der Waals surface area contributed by atoms with E-state index < -0.39 is 20.7 Å². The second-order valence-electron chi connectivity index (χ2n) is 3.53. The van der Waals surface area contributed by atoms with E-state index in [4.69, 9.17) is 10.5 Å². The molecular weight excluding hydrogens is 266 g/mol. The predicted molar refractivity (Wildman–Crippen MR) is 71.7 cm³/mol. The first kappa shape index (κ1) is 15.0. The minimum atomic E-state index is -4.02. The fourth-order valence-electron chi connectivity index (χ4n) is 1.39. The molecule has 0 aliphatic heterocycles. The molecule has 0 aliphatic rings. The van der Waals surface area contributed by atoms with Crippen LogP contribution in [0.5, 0.6) is 0 Å². The lowest BCUT2D eigenvalue weighted by molar-refractivity contribution is -0.137. The zero-order chi connectivity index (χ0) is 14.5. The number of ether oxygens (including phenoxy) is 1. The van der Waals surface area contributed by atoms with Gasteiger partial charge in [-0.1, -0.05) is 24.8 Å². The normalized spacial score (nSPS) is 12.5. The van der Waals surface area contributed by atoms with Gasteiger partial charge in [-0.05, 0) is 25.1 Å². The molecule has 0 atom stereocenters. The van der Waals surface area contributed by atoms with Crippen LogP contribution in [0.15, 0.2) is 58.5 Å². The lowest BCUT2D eigenvalue weighted by Crippen LogP contribution is -2.21. The van der Waals surface area contributed by atoms with Gasteiger partial charge in [0.1, 0.15) is 0 Å². The minimum Gasteiger partial charge on any atom is -0.462 e. The Morgan fingerprint density at radius 2 is 1.95 bits per heavy atom. The molecule has 0 aliphatic carbocycles. The van der Waals surface area contributed by atoms with E-state index in [0.29, 0.717) is 0 Å². The third kappa shape index (κ3) is 3.23. The van der Waals surface area contributed by atoms with Gasteiger partial charge in [0.2, 0.25) is 9.84 Å². The molecule has 5 nitrogen and oxygen atoms in total. The van der Waals surface area contributed by atoms with Crippen molar-refractivity contribution in [1.82, 2.24) is 0 Å². The summed E-state index contributed by atoms with van der Waals surface area (Å²) in [4.78, 5) is 11.2. The Morgan fingerprint density at radius 3 is 2.42 bits per heavy atom. The molecular formula is C13H15NO4S. The first-order valence-corrected chi connectivity index (χ1v) is 7.03. The Hall–Kier alpha value is -2.08. The summed E-state index contributed by atoms with van der Waals surface area (Å²) < 4.78 is 29.5. The fraction of sp³-hybridized carbons (Fsp3) is 0.154. The highest BCUT2D eigenvalue weighted by Crippen LogP contribution is 2.22. The zero-order valence-electron chi connectivity index (χ0n) is 10.5. The van der Waals surface area contributed by atoms with Crippen molar-refractivity contribution in [3.63, 3.8) is 0 Å². The lowest BCUT2D eigenvalue weighted by Gasteiger charge is -2.10. The SMILES string of the molecule is C=CC(N)=C(C(=O)OCC)S(=O)(=O)c1ccccc1. The van der Waals surface area contributed by atoms with E-state index >= 15 is 0 Å². The van der Waals surface area contributed by atoms with E-state index in [2.05, 4.69) is 6.58 Å². The van der Waals surface area contributed by atoms with Crippen LogP contribution in [0, 0.1) is 0 Å². The van der Waals surface area contributed by atoms with Gasteiger partial charge in [-0.2, -0.15) is 0 Å². The summed E-state index contributed by atoms with van der Waals surface area (Å²) in [6.07, 6.45) is 1.10. The smallest absolute Gasteiger partial charge is 0.352 e. The topological polar surface area (TPSA) is 86.5 Å². The molecule has 0 aromatic heterocycles. The van der Waals surface area contributed by atoms with Crippen LogP contribution < -0.4 is 5.73 Å². The molecule has 0 radical (unpaired) electrons. The second-order valence-corrected chi connectivity index (χ2v) is 5.41. The number of carbonyl (C=O) groups excluding carboxylic acids is 1. The average molecular weight is 281 g/mol. The van der Waals surface area contributed by atoms with E-state index in [9.17, 15) is 13.2 Å². The first-order valence-electron chi connectivity index (χ1n) is 5.54. The maximum atomic E-state index is 12.4. The monoisotopic (exact) mass is 281 g/mol. The number of hydrogen-bond acceptors (Lipinski definition) is 5. The zero-order valence-corrected chi connectivity index (χ0v) is 11.3. The van der Waals surface area contributed by atoms with Crippen LogP contribution in [-0.2, 0) is 19.4 Å². The maximum Gasteiger partial charge on any atom is 0.352 e. The van der Waals surface area contributed by atoms with E-state index in [1.165, 1.54) is 12.1 Å². The Kier molecular flexibility index (Phi) is 4.88. The highest BCUT2D eigenvalue weighted by molar-refractivity contribution is 7.96. The van der Waals surface area contributed by atoms with Crippen molar-refractivity contribution in [2.24, 2.45) is 5.73 Å². The van der Waals surface area contributed by atoms with Gasteiger partial charge in [0, 0.05) is 0 Å². The van der Waals surface area contributed by atoms with Crippen LogP contribution in [0.3, 0.4) is 0 Å². The Labute approximate surface area is 112 Å². The minimum absolute atomic E-state index is 0.0251. The van der Waals surface area contributed by atoms with Gasteiger partial charge in [0.05, 0.1) is 17.2 Å². The quantitative estimate of drug-likeness (QED) is 0.500. The predicted octanol–water partition coefficient (Wildman–Crippen LogP) is 1.38. The number of sulfone groups is 1. The van der Waals surface area contributed by atoms with Crippen LogP contribution in [0.1, 0.15) is 6.92 Å². The largest absolute Gasteiger partial charge is 0.462 e. The number of esters is 1. The lowest BCUT2D eigenvalue weighted by atomic mass is 10.4. The van der Waals surface area contributed by atoms with Crippen LogP contribution in [-0.4, -0.2) is 21.0 Å². The average Bonchev–Trinajstić information content (AvgIpc) is 2.39. The fourth-order valence-corrected chi connectivity index (χ4v) is 2.81. The summed E-state index contributed by atoms with van der Waals surface area (Å²) in [5.74, 6) is -0.983. The standard InChI is InChI=1S/C13H15NO4S/c1-3-11(14)12(13(15)18-4-2)19(16,17)10-8-6-5-7-9-10/h3,5-9H,1,4,14H2,2H3. The van der Waals surface area contributed by atoms with Crippen molar-refractivity contribution in [3.05, 3.63) is 53.6 Å². The summed E-state index contributed by atoms with van der Waals surface area (Å²) in [7, 11) is -4.02. The molecule has 1 aromatic carbocycles. The van der Waals surface area contributed by atoms with Crippen molar-refractivity contribution in [1.29, 1.82) is 0 Å². The Bertz CT molecular complexity index is 603. The van der Waals surface area contributed by atoms with E-state index in [-0.39, 0.29) is 17.2 Å². The molecule has 0 bridgehead atoms. The highest BCUT2D eigenvalue weighted by atomic mass is 32.2. The molecule has 0 saturated carbocycles. The summed E-state index contributed by atoms with van der Waals surface area (Å²) in [5, 5.41) is 0. The van der Waals surface area contributed by atoms with Crippen LogP contribution >= 0.6 is 0 Å². The third-order valence-electron chi connectivity index (χ3n) is 2.27. The van der Waals surface area contributed by atoms with Crippen LogP contribution in [0.2, 0.25) is 0 Å². The van der Waals surface area contributed by atoms with E-state index in [1.807, 2.05) is 0 Å². The molecule has 1 aromatic rings. The summed E-state index contributed by atoms with van der Waals surface area (Å²) in [6.45, 7) is 5.01. The highest BCUT2D eigenvalue weighted by Gasteiger charge is 2.30. The molecule has 0 spiro atoms. The van der Waals surface area contributed by atoms with Crippen LogP contribution in [0.25, 0.3) is 0 Å². The van der Waals surface area contributed by atoms with Gasteiger partial charge >= 0.3 is 5.97 Å². The molecule has 0 saturated heterocycles. The number of rotatable bonds is 5. The van der Waals surface area contributed by atoms with Gasteiger partial charge in [0.15, 0.2) is 4.91 Å². The number of hydrogen-bond donors (Lipinski definition) is 1. The Balaban J connectivity index is 3.43. The molecule has 2 N–H and O–H groups in total. The molecule has 6 heteroatoms. The molecule has 0 unspecified atom stereocenters. The third-order valence-corrected chi connectivity index (χ3v) is 4.10. The number of allylic oxidation sites excluding steroid dienone is 1. The van der Waals surface area contributed by atoms with E-state index in [1.54, 1.807) is 25.1 Å². The molecule has 102 valence electrons. The molecule has 0 fully saturated rings. The van der Waals surface area contributed by atoms with Gasteiger partial charge in [-0.25, -0.2) is 13.2 Å². The van der Waals surface area contributed by atoms with Crippen molar-refractivity contribution in [2.45, 2.75) is 11.8 Å².